The molecule has 1 aromatic carbocycles. The normalized spacial score (nSPS) is 12.1. The van der Waals surface area contributed by atoms with Crippen LogP contribution in [0.3, 0.4) is 0 Å². The Hall–Kier alpha value is -3.82. The fourth-order valence-corrected chi connectivity index (χ4v) is 3.38. The van der Waals surface area contributed by atoms with Gasteiger partial charge < -0.3 is 14.8 Å². The maximum Gasteiger partial charge on any atom is 0.131 e. The van der Waals surface area contributed by atoms with Gasteiger partial charge in [-0.1, -0.05) is 23.7 Å². The van der Waals surface area contributed by atoms with Crippen LogP contribution in [0.25, 0.3) is 10.9 Å². The smallest absolute Gasteiger partial charge is 0.131 e. The summed E-state index contributed by atoms with van der Waals surface area (Å²) in [5.74, 6) is 1.25. The Morgan fingerprint density at radius 1 is 1.21 bits per heavy atom. The minimum absolute atomic E-state index is 0.301. The van der Waals surface area contributed by atoms with Crippen molar-refractivity contribution in [1.29, 1.82) is 5.26 Å². The van der Waals surface area contributed by atoms with Gasteiger partial charge in [0.2, 0.25) is 0 Å². The first-order valence-electron chi connectivity index (χ1n) is 10.5. The average Bonchev–Trinajstić information content (AvgIpc) is 2.85. The first-order chi connectivity index (χ1) is 16.1. The van der Waals surface area contributed by atoms with Crippen molar-refractivity contribution in [2.75, 3.05) is 11.9 Å². The Bertz CT molecular complexity index is 1240. The zero-order chi connectivity index (χ0) is 23.6. The molecule has 0 aliphatic carbocycles. The molecule has 0 aliphatic rings. The lowest BCUT2D eigenvalue weighted by atomic mass is 10.0. The zero-order valence-corrected chi connectivity index (χ0v) is 19.6. The topological polar surface area (TPSA) is 80.1 Å². The predicted octanol–water partition coefficient (Wildman–Crippen LogP) is 6.38. The van der Waals surface area contributed by atoms with Gasteiger partial charge >= 0.3 is 0 Å². The molecule has 3 aromatic rings. The van der Waals surface area contributed by atoms with Crippen molar-refractivity contribution in [3.05, 3.63) is 94.8 Å². The van der Waals surface area contributed by atoms with Crippen molar-refractivity contribution < 1.29 is 9.47 Å². The van der Waals surface area contributed by atoms with Gasteiger partial charge in [-0.05, 0) is 57.2 Å². The van der Waals surface area contributed by atoms with Crippen molar-refractivity contribution in [2.45, 2.75) is 27.4 Å². The summed E-state index contributed by atoms with van der Waals surface area (Å²) < 4.78 is 11.5. The number of pyridine rings is 2. The molecule has 0 unspecified atom stereocenters. The summed E-state index contributed by atoms with van der Waals surface area (Å²) in [4.78, 5) is 8.68. The van der Waals surface area contributed by atoms with Crippen LogP contribution >= 0.6 is 11.6 Å². The highest BCUT2D eigenvalue weighted by molar-refractivity contribution is 6.25. The third kappa shape index (κ3) is 5.91. The minimum atomic E-state index is 0.301. The number of hydrogen-bond donors (Lipinski definition) is 1. The average molecular weight is 461 g/mol. The second-order valence-electron chi connectivity index (χ2n) is 7.00. The number of aromatic nitrogens is 2. The molecule has 2 heterocycles. The fourth-order valence-electron chi connectivity index (χ4n) is 3.24. The summed E-state index contributed by atoms with van der Waals surface area (Å²) in [5.41, 5.74) is 5.73. The first-order valence-corrected chi connectivity index (χ1v) is 10.9. The lowest BCUT2D eigenvalue weighted by Gasteiger charge is -2.16. The number of halogens is 1. The van der Waals surface area contributed by atoms with Crippen LogP contribution in [0.4, 0.5) is 5.69 Å². The molecular formula is C26H25ClN4O2. The second kappa shape index (κ2) is 11.7. The first kappa shape index (κ1) is 23.8. The molecule has 0 atom stereocenters. The molecule has 3 rings (SSSR count). The number of aryl methyl sites for hydroxylation is 1. The van der Waals surface area contributed by atoms with Crippen LogP contribution in [0.2, 0.25) is 0 Å². The molecule has 33 heavy (non-hydrogen) atoms. The van der Waals surface area contributed by atoms with Crippen LogP contribution < -0.4 is 10.1 Å². The van der Waals surface area contributed by atoms with E-state index < -0.39 is 0 Å². The third-order valence-corrected chi connectivity index (χ3v) is 5.11. The number of benzene rings is 1. The molecule has 2 aromatic heterocycles. The number of allylic oxidation sites excluding steroid dienone is 3. The summed E-state index contributed by atoms with van der Waals surface area (Å²) >= 11 is 5.95. The summed E-state index contributed by atoms with van der Waals surface area (Å²) in [6, 6.07) is 11.7. The molecule has 168 valence electrons. The summed E-state index contributed by atoms with van der Waals surface area (Å²) in [7, 11) is 0. The van der Waals surface area contributed by atoms with Crippen LogP contribution in [0.5, 0.6) is 5.75 Å². The number of nitriles is 1. The van der Waals surface area contributed by atoms with Gasteiger partial charge in [0.15, 0.2) is 0 Å². The molecule has 0 fully saturated rings. The van der Waals surface area contributed by atoms with Gasteiger partial charge in [0, 0.05) is 34.6 Å². The van der Waals surface area contributed by atoms with Crippen molar-refractivity contribution in [2.24, 2.45) is 0 Å². The Balaban J connectivity index is 1.88. The monoisotopic (exact) mass is 460 g/mol. The van der Waals surface area contributed by atoms with Gasteiger partial charge in [-0.25, -0.2) is 0 Å². The van der Waals surface area contributed by atoms with Crippen LogP contribution in [-0.2, 0) is 11.3 Å². The zero-order valence-electron chi connectivity index (χ0n) is 18.8. The molecular weight excluding hydrogens is 436 g/mol. The molecule has 0 radical (unpaired) electrons. The molecule has 1 N–H and O–H groups in total. The molecule has 0 aliphatic heterocycles. The number of hydrogen-bond acceptors (Lipinski definition) is 6. The second-order valence-corrected chi connectivity index (χ2v) is 7.22. The highest BCUT2D eigenvalue weighted by atomic mass is 35.5. The van der Waals surface area contributed by atoms with Gasteiger partial charge in [0.1, 0.15) is 24.2 Å². The van der Waals surface area contributed by atoms with Crippen molar-refractivity contribution in [3.63, 3.8) is 0 Å². The fraction of sp³-hybridized carbons (Fsp3) is 0.192. The largest absolute Gasteiger partial charge is 0.494 e. The molecule has 7 heteroatoms. The molecule has 6 nitrogen and oxygen atoms in total. The number of ether oxygens (including phenoxy) is 2. The van der Waals surface area contributed by atoms with Crippen LogP contribution in [-0.4, -0.2) is 16.6 Å². The number of rotatable bonds is 9. The van der Waals surface area contributed by atoms with Crippen molar-refractivity contribution in [3.8, 4) is 11.8 Å². The summed E-state index contributed by atoms with van der Waals surface area (Å²) in [6.45, 7) is 6.66. The van der Waals surface area contributed by atoms with E-state index in [1.165, 1.54) is 5.54 Å². The van der Waals surface area contributed by atoms with Crippen molar-refractivity contribution >= 4 is 28.2 Å². The van der Waals surface area contributed by atoms with Crippen LogP contribution in [0.15, 0.2) is 77.9 Å². The third-order valence-electron chi connectivity index (χ3n) is 4.89. The van der Waals surface area contributed by atoms with E-state index in [1.807, 2.05) is 63.3 Å². The van der Waals surface area contributed by atoms with Crippen LogP contribution in [0.1, 0.15) is 30.7 Å². The molecule has 0 amide bonds. The molecule has 0 saturated carbocycles. The summed E-state index contributed by atoms with van der Waals surface area (Å²) in [5, 5.41) is 13.9. The van der Waals surface area contributed by atoms with Gasteiger partial charge in [-0.2, -0.15) is 5.26 Å². The number of nitrogens with zero attached hydrogens (tertiary/aromatic N) is 3. The van der Waals surface area contributed by atoms with Gasteiger partial charge in [0.05, 0.1) is 29.1 Å². The lowest BCUT2D eigenvalue weighted by molar-refractivity contribution is 0.208. The quantitative estimate of drug-likeness (QED) is 0.295. The van der Waals surface area contributed by atoms with Gasteiger partial charge in [-0.15, -0.1) is 0 Å². The van der Waals surface area contributed by atoms with E-state index >= 15 is 0 Å². The number of nitrogens with one attached hydrogen (secondary N) is 1. The summed E-state index contributed by atoms with van der Waals surface area (Å²) in [6.07, 6.45) is 8.77. The highest BCUT2D eigenvalue weighted by Gasteiger charge is 2.14. The van der Waals surface area contributed by atoms with E-state index in [-0.39, 0.29) is 0 Å². The number of anilines is 1. The van der Waals surface area contributed by atoms with E-state index in [4.69, 9.17) is 21.1 Å². The van der Waals surface area contributed by atoms with Crippen LogP contribution in [0, 0.1) is 18.3 Å². The number of fused-ring (bicyclic) bond motifs is 1. The van der Waals surface area contributed by atoms with Gasteiger partial charge in [0.25, 0.3) is 0 Å². The maximum absolute atomic E-state index is 9.71. The Morgan fingerprint density at radius 2 is 2.06 bits per heavy atom. The minimum Gasteiger partial charge on any atom is -0.494 e. The maximum atomic E-state index is 9.71. The standard InChI is InChI=1S/C26H25ClN4O2/c1-4-20(9-10-22(14-27)33-17-21-8-6-7-13-29-21)31-26-19(15-28)16-30-23-11-12-24(32-5-2)18(3)25(23)26/h4,6-14,16H,5,17H2,1-3H3,(H,30,31)/b10-9-,20-4+,22-14-. The van der Waals surface area contributed by atoms with E-state index in [9.17, 15) is 5.26 Å². The Morgan fingerprint density at radius 3 is 2.73 bits per heavy atom. The van der Waals surface area contributed by atoms with E-state index in [2.05, 4.69) is 21.4 Å². The molecule has 0 spiro atoms. The Labute approximate surface area is 198 Å². The van der Waals surface area contributed by atoms with Gasteiger partial charge in [-0.3, -0.25) is 9.97 Å². The molecule has 0 saturated heterocycles. The SMILES string of the molecule is C\C=C(/C=C\C(=C\Cl)OCc1ccccn1)Nc1c(C#N)cnc2ccc(OCC)c(C)c12. The van der Waals surface area contributed by atoms with E-state index in [0.29, 0.717) is 30.2 Å². The van der Waals surface area contributed by atoms with E-state index in [1.54, 1.807) is 18.5 Å². The lowest BCUT2D eigenvalue weighted by Crippen LogP contribution is -2.03. The van der Waals surface area contributed by atoms with E-state index in [0.717, 1.165) is 33.6 Å². The Kier molecular flexibility index (Phi) is 8.45. The molecule has 0 bridgehead atoms. The predicted molar refractivity (Wildman–Crippen MR) is 132 cm³/mol. The van der Waals surface area contributed by atoms with Crippen molar-refractivity contribution in [1.82, 2.24) is 9.97 Å². The highest BCUT2D eigenvalue weighted by Crippen LogP contribution is 2.34.